The lowest BCUT2D eigenvalue weighted by atomic mass is 9.93. The quantitative estimate of drug-likeness (QED) is 0.627. The summed E-state index contributed by atoms with van der Waals surface area (Å²) >= 11 is 3.58. The van der Waals surface area contributed by atoms with Gasteiger partial charge in [-0.05, 0) is 18.3 Å². The third-order valence-electron chi connectivity index (χ3n) is 2.94. The Morgan fingerprint density at radius 2 is 2.00 bits per heavy atom. The Kier molecular flexibility index (Phi) is 4.51. The molecule has 1 aliphatic carbocycles. The molecule has 1 rings (SSSR count). The number of alkyl halides is 1. The lowest BCUT2D eigenvalue weighted by molar-refractivity contribution is 0.396. The van der Waals surface area contributed by atoms with Gasteiger partial charge in [0.05, 0.1) is 0 Å². The minimum absolute atomic E-state index is 0.943. The second kappa shape index (κ2) is 5.18. The van der Waals surface area contributed by atoms with Gasteiger partial charge < -0.3 is 0 Å². The second-order valence-electron chi connectivity index (χ2n) is 3.81. The minimum atomic E-state index is 0.943. The van der Waals surface area contributed by atoms with Crippen LogP contribution in [0.15, 0.2) is 0 Å². The van der Waals surface area contributed by atoms with Crippen LogP contribution in [0.5, 0.6) is 0 Å². The molecule has 0 aromatic carbocycles. The summed E-state index contributed by atoms with van der Waals surface area (Å²) in [6, 6.07) is 0. The van der Waals surface area contributed by atoms with Gasteiger partial charge in [0.2, 0.25) is 0 Å². The van der Waals surface area contributed by atoms with Gasteiger partial charge in [-0.15, -0.1) is 0 Å². The molecule has 1 atom stereocenters. The molecule has 0 nitrogen and oxygen atoms in total. The fourth-order valence-corrected chi connectivity index (χ4v) is 2.78. The van der Waals surface area contributed by atoms with Crippen LogP contribution >= 0.6 is 15.9 Å². The first kappa shape index (κ1) is 9.57. The van der Waals surface area contributed by atoms with E-state index in [2.05, 4.69) is 22.9 Å². The molecule has 66 valence electrons. The molecular weight excluding hydrogens is 200 g/mol. The van der Waals surface area contributed by atoms with E-state index < -0.39 is 0 Å². The predicted octanol–water partition coefficient (Wildman–Crippen LogP) is 3.99. The number of hydrogen-bond donors (Lipinski definition) is 0. The number of halogens is 1. The van der Waals surface area contributed by atoms with Gasteiger partial charge in [0, 0.05) is 5.33 Å². The van der Waals surface area contributed by atoms with Crippen molar-refractivity contribution in [3.63, 3.8) is 0 Å². The summed E-state index contributed by atoms with van der Waals surface area (Å²) in [4.78, 5) is 0. The molecule has 0 bridgehead atoms. The van der Waals surface area contributed by atoms with Crippen LogP contribution in [0.25, 0.3) is 0 Å². The summed E-state index contributed by atoms with van der Waals surface area (Å²) in [6.45, 7) is 2.31. The van der Waals surface area contributed by atoms with Crippen molar-refractivity contribution < 1.29 is 0 Å². The summed E-state index contributed by atoms with van der Waals surface area (Å²) in [5, 5.41) is 1.21. The fourth-order valence-electron chi connectivity index (χ4n) is 2.06. The normalized spacial score (nSPS) is 22.4. The van der Waals surface area contributed by atoms with Crippen LogP contribution in [0, 0.1) is 11.8 Å². The van der Waals surface area contributed by atoms with Crippen molar-refractivity contribution in [3.8, 4) is 0 Å². The molecule has 0 N–H and O–H groups in total. The van der Waals surface area contributed by atoms with E-state index in [9.17, 15) is 0 Å². The predicted molar refractivity (Wildman–Crippen MR) is 54.2 cm³/mol. The Balaban J connectivity index is 2.16. The number of rotatable bonds is 4. The topological polar surface area (TPSA) is 0 Å². The van der Waals surface area contributed by atoms with Crippen LogP contribution < -0.4 is 0 Å². The van der Waals surface area contributed by atoms with Gasteiger partial charge in [0.25, 0.3) is 0 Å². The summed E-state index contributed by atoms with van der Waals surface area (Å²) < 4.78 is 0. The molecule has 0 spiro atoms. The zero-order valence-electron chi connectivity index (χ0n) is 7.48. The maximum absolute atomic E-state index is 3.58. The van der Waals surface area contributed by atoms with E-state index in [1.165, 1.54) is 43.9 Å². The van der Waals surface area contributed by atoms with E-state index in [4.69, 9.17) is 0 Å². The SMILES string of the molecule is CCC(CBr)CC1CCCC1. The Bertz CT molecular complexity index is 91.0. The van der Waals surface area contributed by atoms with E-state index in [-0.39, 0.29) is 0 Å². The molecule has 1 saturated carbocycles. The lowest BCUT2D eigenvalue weighted by Crippen LogP contribution is -2.06. The summed E-state index contributed by atoms with van der Waals surface area (Å²) in [5.41, 5.74) is 0. The first-order chi connectivity index (χ1) is 5.36. The van der Waals surface area contributed by atoms with E-state index in [1.54, 1.807) is 0 Å². The van der Waals surface area contributed by atoms with Gasteiger partial charge in [0.1, 0.15) is 0 Å². The van der Waals surface area contributed by atoms with Gasteiger partial charge in [-0.3, -0.25) is 0 Å². The molecule has 1 unspecified atom stereocenters. The van der Waals surface area contributed by atoms with Crippen molar-refractivity contribution in [1.29, 1.82) is 0 Å². The molecule has 0 heterocycles. The van der Waals surface area contributed by atoms with Crippen LogP contribution in [-0.4, -0.2) is 5.33 Å². The Morgan fingerprint density at radius 1 is 1.36 bits per heavy atom. The van der Waals surface area contributed by atoms with E-state index in [1.807, 2.05) is 0 Å². The first-order valence-corrected chi connectivity index (χ1v) is 6.05. The average Bonchev–Trinajstić information content (AvgIpc) is 2.52. The molecule has 1 heteroatoms. The fraction of sp³-hybridized carbons (Fsp3) is 1.00. The van der Waals surface area contributed by atoms with Gasteiger partial charge in [-0.2, -0.15) is 0 Å². The summed E-state index contributed by atoms with van der Waals surface area (Å²) in [6.07, 6.45) is 8.81. The van der Waals surface area contributed by atoms with Crippen molar-refractivity contribution in [2.45, 2.75) is 45.4 Å². The molecular formula is C10H19Br. The molecule has 0 aliphatic heterocycles. The van der Waals surface area contributed by atoms with Gasteiger partial charge in [0.15, 0.2) is 0 Å². The van der Waals surface area contributed by atoms with Crippen molar-refractivity contribution >= 4 is 15.9 Å². The highest BCUT2D eigenvalue weighted by atomic mass is 79.9. The third kappa shape index (κ3) is 3.14. The zero-order valence-corrected chi connectivity index (χ0v) is 9.07. The van der Waals surface area contributed by atoms with Crippen molar-refractivity contribution in [1.82, 2.24) is 0 Å². The number of hydrogen-bond acceptors (Lipinski definition) is 0. The molecule has 0 aromatic heterocycles. The Morgan fingerprint density at radius 3 is 2.45 bits per heavy atom. The monoisotopic (exact) mass is 218 g/mol. The van der Waals surface area contributed by atoms with Gasteiger partial charge in [-0.25, -0.2) is 0 Å². The molecule has 11 heavy (non-hydrogen) atoms. The Hall–Kier alpha value is 0.480. The smallest absolute Gasteiger partial charge is 0.00596 e. The van der Waals surface area contributed by atoms with Crippen molar-refractivity contribution in [2.24, 2.45) is 11.8 Å². The maximum Gasteiger partial charge on any atom is 0.00596 e. The average molecular weight is 219 g/mol. The molecule has 0 aromatic rings. The van der Waals surface area contributed by atoms with Crippen LogP contribution in [0.2, 0.25) is 0 Å². The first-order valence-electron chi connectivity index (χ1n) is 4.92. The second-order valence-corrected chi connectivity index (χ2v) is 4.46. The Labute approximate surface area is 78.9 Å². The third-order valence-corrected chi connectivity index (χ3v) is 3.85. The van der Waals surface area contributed by atoms with E-state index >= 15 is 0 Å². The largest absolute Gasteiger partial charge is 0.0925 e. The molecule has 1 fully saturated rings. The van der Waals surface area contributed by atoms with Crippen LogP contribution in [0.4, 0.5) is 0 Å². The zero-order chi connectivity index (χ0) is 8.10. The van der Waals surface area contributed by atoms with Gasteiger partial charge >= 0.3 is 0 Å². The highest BCUT2D eigenvalue weighted by molar-refractivity contribution is 9.09. The minimum Gasteiger partial charge on any atom is -0.0925 e. The van der Waals surface area contributed by atoms with Crippen LogP contribution in [0.3, 0.4) is 0 Å². The van der Waals surface area contributed by atoms with Gasteiger partial charge in [-0.1, -0.05) is 55.0 Å². The molecule has 0 saturated heterocycles. The maximum atomic E-state index is 3.58. The van der Waals surface area contributed by atoms with Crippen LogP contribution in [0.1, 0.15) is 45.4 Å². The standard InChI is InChI=1S/C10H19Br/c1-2-9(8-11)7-10-5-3-4-6-10/h9-10H,2-8H2,1H3. The van der Waals surface area contributed by atoms with E-state index in [0.717, 1.165) is 11.8 Å². The molecule has 0 amide bonds. The lowest BCUT2D eigenvalue weighted by Gasteiger charge is -2.15. The molecule has 0 radical (unpaired) electrons. The summed E-state index contributed by atoms with van der Waals surface area (Å²) in [5.74, 6) is 2.01. The summed E-state index contributed by atoms with van der Waals surface area (Å²) in [7, 11) is 0. The van der Waals surface area contributed by atoms with Crippen molar-refractivity contribution in [2.75, 3.05) is 5.33 Å². The molecule has 1 aliphatic rings. The van der Waals surface area contributed by atoms with E-state index in [0.29, 0.717) is 0 Å². The highest BCUT2D eigenvalue weighted by Gasteiger charge is 2.18. The highest BCUT2D eigenvalue weighted by Crippen LogP contribution is 2.31. The van der Waals surface area contributed by atoms with Crippen LogP contribution in [-0.2, 0) is 0 Å². The van der Waals surface area contributed by atoms with Crippen molar-refractivity contribution in [3.05, 3.63) is 0 Å².